The van der Waals surface area contributed by atoms with Gasteiger partial charge in [0.15, 0.2) is 0 Å². The predicted molar refractivity (Wildman–Crippen MR) is 112 cm³/mol. The van der Waals surface area contributed by atoms with Crippen molar-refractivity contribution in [2.75, 3.05) is 31.1 Å². The molecule has 1 fully saturated rings. The Hall–Kier alpha value is -1.91. The Labute approximate surface area is 171 Å². The predicted octanol–water partition coefficient (Wildman–Crippen LogP) is 5.27. The lowest BCUT2D eigenvalue weighted by Crippen LogP contribution is -2.46. The summed E-state index contributed by atoms with van der Waals surface area (Å²) in [5.74, 6) is -0.345. The molecular weight excluding hydrogens is 375 g/mol. The highest BCUT2D eigenvalue weighted by Crippen LogP contribution is 2.48. The zero-order valence-electron chi connectivity index (χ0n) is 16.3. The molecule has 4 rings (SSSR count). The lowest BCUT2D eigenvalue weighted by molar-refractivity contribution is 0.0976. The van der Waals surface area contributed by atoms with Gasteiger partial charge in [0.2, 0.25) is 0 Å². The standard InChI is InChI=1S/C23H26ClFN2O/c1-2-3-12-26-13-10-23(11-14-26)16-27(21-9-8-17(25)15-19(21)23)22(28)18-6-4-5-7-20(18)24/h4-9,15H,2-3,10-14,16H2,1H3. The van der Waals surface area contributed by atoms with Crippen LogP contribution < -0.4 is 4.90 Å². The average molecular weight is 401 g/mol. The van der Waals surface area contributed by atoms with Crippen LogP contribution in [-0.2, 0) is 5.41 Å². The molecule has 2 aliphatic rings. The first-order valence-corrected chi connectivity index (χ1v) is 10.5. The largest absolute Gasteiger partial charge is 0.307 e. The fourth-order valence-electron chi connectivity index (χ4n) is 4.62. The van der Waals surface area contributed by atoms with Gasteiger partial charge in [0.25, 0.3) is 5.91 Å². The second-order valence-corrected chi connectivity index (χ2v) is 8.42. The number of amides is 1. The Kier molecular flexibility index (Phi) is 5.44. The molecule has 0 radical (unpaired) electrons. The van der Waals surface area contributed by atoms with Gasteiger partial charge in [0.05, 0.1) is 10.6 Å². The van der Waals surface area contributed by atoms with Crippen molar-refractivity contribution in [2.45, 2.75) is 38.0 Å². The van der Waals surface area contributed by atoms with Crippen molar-refractivity contribution >= 4 is 23.2 Å². The average Bonchev–Trinajstić information content (AvgIpc) is 3.01. The van der Waals surface area contributed by atoms with E-state index in [1.54, 1.807) is 29.2 Å². The van der Waals surface area contributed by atoms with Crippen molar-refractivity contribution in [2.24, 2.45) is 0 Å². The molecule has 1 amide bonds. The number of carbonyl (C=O) groups is 1. The van der Waals surface area contributed by atoms with Gasteiger partial charge < -0.3 is 9.80 Å². The van der Waals surface area contributed by atoms with Gasteiger partial charge >= 0.3 is 0 Å². The number of anilines is 1. The molecule has 0 bridgehead atoms. The summed E-state index contributed by atoms with van der Waals surface area (Å²) in [6.07, 6.45) is 4.28. The van der Waals surface area contributed by atoms with Crippen LogP contribution in [0.3, 0.4) is 0 Å². The van der Waals surface area contributed by atoms with E-state index in [2.05, 4.69) is 11.8 Å². The lowest BCUT2D eigenvalue weighted by Gasteiger charge is -2.40. The molecular formula is C23H26ClFN2O. The Balaban J connectivity index is 1.64. The topological polar surface area (TPSA) is 23.6 Å². The fraction of sp³-hybridized carbons (Fsp3) is 0.435. The molecule has 5 heteroatoms. The monoisotopic (exact) mass is 400 g/mol. The van der Waals surface area contributed by atoms with Gasteiger partial charge in [0, 0.05) is 17.6 Å². The van der Waals surface area contributed by atoms with E-state index in [1.165, 1.54) is 18.9 Å². The smallest absolute Gasteiger partial charge is 0.259 e. The summed E-state index contributed by atoms with van der Waals surface area (Å²) in [7, 11) is 0. The molecule has 2 aromatic rings. The minimum atomic E-state index is -0.237. The molecule has 3 nitrogen and oxygen atoms in total. The lowest BCUT2D eigenvalue weighted by atomic mass is 9.74. The second-order valence-electron chi connectivity index (χ2n) is 8.01. The van der Waals surface area contributed by atoms with E-state index in [1.807, 2.05) is 12.1 Å². The van der Waals surface area contributed by atoms with E-state index in [9.17, 15) is 9.18 Å². The minimum Gasteiger partial charge on any atom is -0.307 e. The van der Waals surface area contributed by atoms with E-state index in [0.29, 0.717) is 17.1 Å². The maximum atomic E-state index is 14.1. The molecule has 1 saturated heterocycles. The molecule has 0 saturated carbocycles. The van der Waals surface area contributed by atoms with E-state index in [4.69, 9.17) is 11.6 Å². The van der Waals surface area contributed by atoms with Crippen LogP contribution in [0, 0.1) is 5.82 Å². The fourth-order valence-corrected chi connectivity index (χ4v) is 4.83. The highest BCUT2D eigenvalue weighted by atomic mass is 35.5. The van der Waals surface area contributed by atoms with E-state index < -0.39 is 0 Å². The number of halogens is 2. The van der Waals surface area contributed by atoms with Gasteiger partial charge in [-0.15, -0.1) is 0 Å². The van der Waals surface area contributed by atoms with E-state index in [0.717, 1.165) is 43.7 Å². The molecule has 2 aliphatic heterocycles. The molecule has 28 heavy (non-hydrogen) atoms. The van der Waals surface area contributed by atoms with Gasteiger partial charge in [0.1, 0.15) is 5.82 Å². The van der Waals surface area contributed by atoms with Crippen LogP contribution in [0.2, 0.25) is 5.02 Å². The number of hydrogen-bond acceptors (Lipinski definition) is 2. The van der Waals surface area contributed by atoms with Crippen molar-refractivity contribution in [1.82, 2.24) is 4.90 Å². The maximum Gasteiger partial charge on any atom is 0.259 e. The molecule has 0 aromatic heterocycles. The van der Waals surface area contributed by atoms with Crippen LogP contribution in [0.5, 0.6) is 0 Å². The molecule has 2 aromatic carbocycles. The van der Waals surface area contributed by atoms with Crippen molar-refractivity contribution in [3.05, 3.63) is 64.4 Å². The zero-order chi connectivity index (χ0) is 19.7. The Morgan fingerprint density at radius 1 is 1.18 bits per heavy atom. The summed E-state index contributed by atoms with van der Waals surface area (Å²) in [5.41, 5.74) is 2.13. The number of rotatable bonds is 4. The van der Waals surface area contributed by atoms with Gasteiger partial charge in [-0.25, -0.2) is 4.39 Å². The maximum absolute atomic E-state index is 14.1. The summed E-state index contributed by atoms with van der Waals surface area (Å²) < 4.78 is 14.1. The van der Waals surface area contributed by atoms with Crippen molar-refractivity contribution in [3.63, 3.8) is 0 Å². The number of hydrogen-bond donors (Lipinski definition) is 0. The molecule has 0 atom stereocenters. The Morgan fingerprint density at radius 3 is 2.64 bits per heavy atom. The number of nitrogens with zero attached hydrogens (tertiary/aromatic N) is 2. The minimum absolute atomic E-state index is 0.108. The number of benzene rings is 2. The quantitative estimate of drug-likeness (QED) is 0.697. The Bertz CT molecular complexity index is 877. The van der Waals surface area contributed by atoms with Crippen LogP contribution in [0.25, 0.3) is 0 Å². The number of carbonyl (C=O) groups excluding carboxylic acids is 1. The molecule has 0 aliphatic carbocycles. The van der Waals surface area contributed by atoms with Crippen molar-refractivity contribution in [1.29, 1.82) is 0 Å². The SMILES string of the molecule is CCCCN1CCC2(CC1)CN(C(=O)c1ccccc1Cl)c1ccc(F)cc12. The van der Waals surface area contributed by atoms with Crippen LogP contribution >= 0.6 is 11.6 Å². The number of piperidine rings is 1. The zero-order valence-corrected chi connectivity index (χ0v) is 17.0. The van der Waals surface area contributed by atoms with Gasteiger partial charge in [-0.2, -0.15) is 0 Å². The molecule has 148 valence electrons. The molecule has 1 spiro atoms. The third kappa shape index (κ3) is 3.44. The molecule has 2 heterocycles. The second kappa shape index (κ2) is 7.84. The highest BCUT2D eigenvalue weighted by Gasteiger charge is 2.46. The summed E-state index contributed by atoms with van der Waals surface area (Å²) in [6.45, 7) is 5.90. The van der Waals surface area contributed by atoms with E-state index in [-0.39, 0.29) is 17.1 Å². The third-order valence-corrected chi connectivity index (χ3v) is 6.60. The van der Waals surface area contributed by atoms with Crippen LogP contribution in [-0.4, -0.2) is 37.0 Å². The highest BCUT2D eigenvalue weighted by molar-refractivity contribution is 6.34. The normalized spacial score (nSPS) is 18.5. The van der Waals surface area contributed by atoms with Gasteiger partial charge in [-0.05, 0) is 74.8 Å². The van der Waals surface area contributed by atoms with E-state index >= 15 is 0 Å². The van der Waals surface area contributed by atoms with Crippen LogP contribution in [0.1, 0.15) is 48.5 Å². The Morgan fingerprint density at radius 2 is 1.93 bits per heavy atom. The van der Waals surface area contributed by atoms with Crippen LogP contribution in [0.15, 0.2) is 42.5 Å². The third-order valence-electron chi connectivity index (χ3n) is 6.27. The van der Waals surface area contributed by atoms with Crippen LogP contribution in [0.4, 0.5) is 10.1 Å². The first-order valence-electron chi connectivity index (χ1n) is 10.1. The molecule has 0 N–H and O–H groups in total. The van der Waals surface area contributed by atoms with Crippen molar-refractivity contribution < 1.29 is 9.18 Å². The first-order chi connectivity index (χ1) is 13.5. The van der Waals surface area contributed by atoms with Gasteiger partial charge in [-0.3, -0.25) is 4.79 Å². The van der Waals surface area contributed by atoms with Gasteiger partial charge in [-0.1, -0.05) is 37.1 Å². The first kappa shape index (κ1) is 19.4. The van der Waals surface area contributed by atoms with Crippen molar-refractivity contribution in [3.8, 4) is 0 Å². The number of unbranched alkanes of at least 4 members (excludes halogenated alkanes) is 1. The summed E-state index contributed by atoms with van der Waals surface area (Å²) in [6, 6.07) is 12.0. The number of fused-ring (bicyclic) bond motifs is 2. The summed E-state index contributed by atoms with van der Waals surface area (Å²) in [4.78, 5) is 17.6. The summed E-state index contributed by atoms with van der Waals surface area (Å²) in [5, 5.41) is 0.450. The summed E-state index contributed by atoms with van der Waals surface area (Å²) >= 11 is 6.28. The number of likely N-dealkylation sites (tertiary alicyclic amines) is 1. The molecule has 0 unspecified atom stereocenters.